The molecular formula is C15H20ClN3S. The molecule has 1 aromatic carbocycles. The Hall–Kier alpha value is -0.840. The number of halogens is 1. The van der Waals surface area contributed by atoms with Gasteiger partial charge in [-0.05, 0) is 18.6 Å². The third-order valence-electron chi connectivity index (χ3n) is 3.60. The number of fused-ring (bicyclic) bond motifs is 1. The maximum atomic E-state index is 4.83. The van der Waals surface area contributed by atoms with Gasteiger partial charge < -0.3 is 17.7 Å². The molecule has 0 atom stereocenters. The number of nitrogens with zero attached hydrogens (tertiary/aromatic N) is 2. The minimum atomic E-state index is 0. The Morgan fingerprint density at radius 2 is 1.80 bits per heavy atom. The number of quaternary nitrogens is 1. The highest BCUT2D eigenvalue weighted by Gasteiger charge is 2.19. The van der Waals surface area contributed by atoms with E-state index in [1.807, 2.05) is 30.0 Å². The van der Waals surface area contributed by atoms with Crippen molar-refractivity contribution in [1.82, 2.24) is 9.97 Å². The van der Waals surface area contributed by atoms with Crippen LogP contribution < -0.4 is 17.7 Å². The minimum Gasteiger partial charge on any atom is -1.00 e. The Kier molecular flexibility index (Phi) is 5.64. The lowest BCUT2D eigenvalue weighted by molar-refractivity contribution is -0.661. The van der Waals surface area contributed by atoms with Gasteiger partial charge in [0.05, 0.1) is 29.8 Å². The number of piperidine rings is 1. The van der Waals surface area contributed by atoms with E-state index in [9.17, 15) is 0 Å². The normalized spacial score (nSPS) is 16.1. The summed E-state index contributed by atoms with van der Waals surface area (Å²) < 4.78 is 0. The molecule has 0 unspecified atom stereocenters. The minimum absolute atomic E-state index is 0. The molecule has 0 bridgehead atoms. The number of aromatic nitrogens is 2. The Bertz CT molecular complexity index is 570. The standard InChI is InChI=1S/C15H19N3S.ClH/c1-2-12-15(19-11-7-9-16-10-8-11)18-14-6-4-3-5-13(14)17-12;/h3-6,11,16H,2,7-10H2,1H3;1H. The van der Waals surface area contributed by atoms with Crippen molar-refractivity contribution in [1.29, 1.82) is 0 Å². The van der Waals surface area contributed by atoms with Gasteiger partial charge in [-0.15, -0.1) is 11.8 Å². The average molecular weight is 310 g/mol. The van der Waals surface area contributed by atoms with Crippen LogP contribution in [0.2, 0.25) is 0 Å². The van der Waals surface area contributed by atoms with Crippen molar-refractivity contribution in [3.8, 4) is 0 Å². The zero-order chi connectivity index (χ0) is 13.1. The van der Waals surface area contributed by atoms with Gasteiger partial charge in [0.1, 0.15) is 5.03 Å². The lowest BCUT2D eigenvalue weighted by Gasteiger charge is -2.20. The molecule has 20 heavy (non-hydrogen) atoms. The van der Waals surface area contributed by atoms with Crippen LogP contribution in [0.4, 0.5) is 0 Å². The molecule has 0 spiro atoms. The fraction of sp³-hybridized carbons (Fsp3) is 0.467. The predicted molar refractivity (Wildman–Crippen MR) is 79.5 cm³/mol. The van der Waals surface area contributed by atoms with Crippen LogP contribution in [0.1, 0.15) is 25.5 Å². The fourth-order valence-electron chi connectivity index (χ4n) is 2.52. The summed E-state index contributed by atoms with van der Waals surface area (Å²) in [4.78, 5) is 9.60. The monoisotopic (exact) mass is 309 g/mol. The molecule has 2 aromatic rings. The molecule has 1 aliphatic heterocycles. The third kappa shape index (κ3) is 3.43. The van der Waals surface area contributed by atoms with Crippen molar-refractivity contribution >= 4 is 22.8 Å². The summed E-state index contributed by atoms with van der Waals surface area (Å²) in [5.41, 5.74) is 3.18. The molecule has 2 N–H and O–H groups in total. The van der Waals surface area contributed by atoms with Crippen LogP contribution in [-0.4, -0.2) is 28.3 Å². The molecular weight excluding hydrogens is 290 g/mol. The first kappa shape index (κ1) is 15.5. The van der Waals surface area contributed by atoms with Gasteiger partial charge in [0, 0.05) is 18.1 Å². The molecule has 2 heterocycles. The smallest absolute Gasteiger partial charge is 0.119 e. The van der Waals surface area contributed by atoms with Crippen LogP contribution in [0.5, 0.6) is 0 Å². The third-order valence-corrected chi connectivity index (χ3v) is 4.96. The molecule has 1 aromatic heterocycles. The summed E-state index contributed by atoms with van der Waals surface area (Å²) in [5, 5.41) is 4.27. The number of hydrogen-bond donors (Lipinski definition) is 1. The topological polar surface area (TPSA) is 42.4 Å². The Morgan fingerprint density at radius 3 is 2.45 bits per heavy atom. The Balaban J connectivity index is 0.00000147. The van der Waals surface area contributed by atoms with Crippen LogP contribution in [0.15, 0.2) is 29.3 Å². The fourth-order valence-corrected chi connectivity index (χ4v) is 3.82. The molecule has 1 aliphatic rings. The molecule has 1 fully saturated rings. The van der Waals surface area contributed by atoms with E-state index in [2.05, 4.69) is 18.3 Å². The van der Waals surface area contributed by atoms with Crippen LogP contribution >= 0.6 is 11.8 Å². The van der Waals surface area contributed by atoms with Gasteiger partial charge in [-0.1, -0.05) is 19.1 Å². The number of hydrogen-bond acceptors (Lipinski definition) is 3. The molecule has 108 valence electrons. The molecule has 0 amide bonds. The van der Waals surface area contributed by atoms with Crippen molar-refractivity contribution in [3.63, 3.8) is 0 Å². The summed E-state index contributed by atoms with van der Waals surface area (Å²) in [7, 11) is 0. The van der Waals surface area contributed by atoms with Crippen molar-refractivity contribution in [2.24, 2.45) is 0 Å². The van der Waals surface area contributed by atoms with Crippen LogP contribution in [0, 0.1) is 0 Å². The van der Waals surface area contributed by atoms with Crippen molar-refractivity contribution in [2.75, 3.05) is 13.1 Å². The molecule has 1 saturated heterocycles. The quantitative estimate of drug-likeness (QED) is 0.792. The number of rotatable bonds is 3. The Labute approximate surface area is 130 Å². The maximum absolute atomic E-state index is 4.83. The molecule has 3 nitrogen and oxygen atoms in total. The predicted octanol–water partition coefficient (Wildman–Crippen LogP) is -0.986. The molecule has 3 rings (SSSR count). The van der Waals surface area contributed by atoms with E-state index in [4.69, 9.17) is 9.97 Å². The maximum Gasteiger partial charge on any atom is 0.119 e. The average Bonchev–Trinajstić information content (AvgIpc) is 2.47. The van der Waals surface area contributed by atoms with E-state index in [0.29, 0.717) is 5.25 Å². The van der Waals surface area contributed by atoms with E-state index < -0.39 is 0 Å². The van der Waals surface area contributed by atoms with Crippen molar-refractivity contribution in [2.45, 2.75) is 36.5 Å². The molecule has 0 radical (unpaired) electrons. The van der Waals surface area contributed by atoms with E-state index >= 15 is 0 Å². The summed E-state index contributed by atoms with van der Waals surface area (Å²) in [5.74, 6) is 0. The highest BCUT2D eigenvalue weighted by Crippen LogP contribution is 2.29. The second-order valence-electron chi connectivity index (χ2n) is 5.00. The lowest BCUT2D eigenvalue weighted by atomic mass is 10.2. The zero-order valence-corrected chi connectivity index (χ0v) is 13.3. The van der Waals surface area contributed by atoms with E-state index in [0.717, 1.165) is 28.2 Å². The second-order valence-corrected chi connectivity index (χ2v) is 6.29. The summed E-state index contributed by atoms with van der Waals surface area (Å²) >= 11 is 1.94. The van der Waals surface area contributed by atoms with Gasteiger partial charge in [0.2, 0.25) is 0 Å². The highest BCUT2D eigenvalue weighted by atomic mass is 35.5. The van der Waals surface area contributed by atoms with Crippen LogP contribution in [-0.2, 0) is 6.42 Å². The number of thioether (sulfide) groups is 1. The Morgan fingerprint density at radius 1 is 1.15 bits per heavy atom. The first-order valence-electron chi connectivity index (χ1n) is 7.11. The summed E-state index contributed by atoms with van der Waals surface area (Å²) in [6.45, 7) is 4.66. The van der Waals surface area contributed by atoms with Gasteiger partial charge in [-0.25, -0.2) is 9.97 Å². The van der Waals surface area contributed by atoms with Crippen molar-refractivity contribution < 1.29 is 17.7 Å². The second kappa shape index (κ2) is 7.25. The van der Waals surface area contributed by atoms with Gasteiger partial charge in [-0.2, -0.15) is 0 Å². The van der Waals surface area contributed by atoms with E-state index in [1.165, 1.54) is 25.9 Å². The van der Waals surface area contributed by atoms with Crippen LogP contribution in [0.3, 0.4) is 0 Å². The number of aryl methyl sites for hydroxylation is 1. The van der Waals surface area contributed by atoms with Gasteiger partial charge in [0.25, 0.3) is 0 Å². The van der Waals surface area contributed by atoms with Gasteiger partial charge in [-0.3, -0.25) is 0 Å². The number of benzene rings is 1. The zero-order valence-electron chi connectivity index (χ0n) is 11.7. The molecule has 5 heteroatoms. The largest absolute Gasteiger partial charge is 1.00 e. The summed E-state index contributed by atoms with van der Waals surface area (Å²) in [6.07, 6.45) is 3.52. The van der Waals surface area contributed by atoms with Gasteiger partial charge in [0.15, 0.2) is 0 Å². The number of para-hydroxylation sites is 2. The highest BCUT2D eigenvalue weighted by molar-refractivity contribution is 7.99. The first-order valence-corrected chi connectivity index (χ1v) is 7.98. The lowest BCUT2D eigenvalue weighted by Crippen LogP contribution is -3.00. The summed E-state index contributed by atoms with van der Waals surface area (Å²) in [6, 6.07) is 8.17. The molecule has 0 aliphatic carbocycles. The molecule has 0 saturated carbocycles. The number of nitrogens with two attached hydrogens (primary N) is 1. The van der Waals surface area contributed by atoms with Crippen molar-refractivity contribution in [3.05, 3.63) is 30.0 Å². The van der Waals surface area contributed by atoms with Crippen LogP contribution in [0.25, 0.3) is 11.0 Å². The van der Waals surface area contributed by atoms with Gasteiger partial charge >= 0.3 is 0 Å². The first-order chi connectivity index (χ1) is 9.36. The van der Waals surface area contributed by atoms with E-state index in [1.54, 1.807) is 0 Å². The SMILES string of the molecule is CCc1nc2ccccc2nc1SC1CC[NH2+]CC1.[Cl-]. The van der Waals surface area contributed by atoms with E-state index in [-0.39, 0.29) is 12.4 Å².